The first kappa shape index (κ1) is 23.4. The van der Waals surface area contributed by atoms with E-state index in [9.17, 15) is 9.59 Å². The van der Waals surface area contributed by atoms with E-state index in [0.29, 0.717) is 37.6 Å². The second-order valence-corrected chi connectivity index (χ2v) is 9.37. The highest BCUT2D eigenvalue weighted by Crippen LogP contribution is 2.30. The van der Waals surface area contributed by atoms with Gasteiger partial charge < -0.3 is 19.5 Å². The summed E-state index contributed by atoms with van der Waals surface area (Å²) < 4.78 is 9.60. The molecule has 0 bridgehead atoms. The Labute approximate surface area is 205 Å². The minimum atomic E-state index is -0.170. The molecular formula is C27H33N5O3. The van der Waals surface area contributed by atoms with Gasteiger partial charge in [0.1, 0.15) is 5.69 Å². The van der Waals surface area contributed by atoms with E-state index in [1.54, 1.807) is 12.3 Å². The Bertz CT molecular complexity index is 1170. The molecule has 3 atom stereocenters. The largest absolute Gasteiger partial charge is 0.373 e. The topological polar surface area (TPSA) is 81.4 Å². The van der Waals surface area contributed by atoms with E-state index >= 15 is 0 Å². The fraction of sp³-hybridized carbons (Fsp3) is 0.444. The van der Waals surface area contributed by atoms with E-state index in [0.717, 1.165) is 30.5 Å². The molecule has 0 radical (unpaired) electrons. The van der Waals surface area contributed by atoms with E-state index in [2.05, 4.69) is 24.3 Å². The number of fused-ring (bicyclic) bond motifs is 1. The van der Waals surface area contributed by atoms with Gasteiger partial charge in [0.2, 0.25) is 0 Å². The summed E-state index contributed by atoms with van der Waals surface area (Å²) >= 11 is 0. The van der Waals surface area contributed by atoms with E-state index in [4.69, 9.17) is 4.74 Å². The van der Waals surface area contributed by atoms with Gasteiger partial charge in [-0.05, 0) is 43.9 Å². The number of hydrogen-bond donors (Lipinski definition) is 1. The average molecular weight is 476 g/mol. The van der Waals surface area contributed by atoms with Crippen molar-refractivity contribution >= 4 is 11.8 Å². The first-order valence-corrected chi connectivity index (χ1v) is 12.5. The Morgan fingerprint density at radius 3 is 2.77 bits per heavy atom. The van der Waals surface area contributed by atoms with Crippen LogP contribution in [0.15, 0.2) is 54.9 Å². The minimum absolute atomic E-state index is 0.0243. The standard InChI is InChI=1S/C27H33N5O3/c1-3-22(20-9-5-4-6-10-20)29-26(33)21-17-24(30-15-16-35-18-25(21)30)27(34)31-13-7-11-23(31)19(2)32-14-8-12-28-32/h4-6,8-10,12,14,17,19,22-23H,3,7,11,13,15-16,18H2,1-2H3,(H,29,33)/t19?,22-,23?/m1/s1. The molecule has 184 valence electrons. The van der Waals surface area contributed by atoms with E-state index in [1.807, 2.05) is 56.7 Å². The summed E-state index contributed by atoms with van der Waals surface area (Å²) in [6.07, 6.45) is 6.38. The number of aromatic nitrogens is 3. The maximum absolute atomic E-state index is 13.8. The summed E-state index contributed by atoms with van der Waals surface area (Å²) in [6, 6.07) is 13.7. The van der Waals surface area contributed by atoms with Gasteiger partial charge in [-0.1, -0.05) is 37.3 Å². The number of nitrogens with zero attached hydrogens (tertiary/aromatic N) is 4. The molecule has 2 amide bonds. The first-order valence-electron chi connectivity index (χ1n) is 12.5. The summed E-state index contributed by atoms with van der Waals surface area (Å²) in [7, 11) is 0. The predicted molar refractivity (Wildman–Crippen MR) is 132 cm³/mol. The van der Waals surface area contributed by atoms with Crippen LogP contribution in [0, 0.1) is 0 Å². The van der Waals surface area contributed by atoms with Gasteiger partial charge in [-0.25, -0.2) is 0 Å². The summed E-state index contributed by atoms with van der Waals surface area (Å²) in [4.78, 5) is 29.2. The molecule has 35 heavy (non-hydrogen) atoms. The normalized spacial score (nSPS) is 19.3. The zero-order valence-corrected chi connectivity index (χ0v) is 20.4. The van der Waals surface area contributed by atoms with Gasteiger partial charge in [0, 0.05) is 25.5 Å². The fourth-order valence-corrected chi connectivity index (χ4v) is 5.43. The van der Waals surface area contributed by atoms with Crippen LogP contribution in [0.1, 0.15) is 77.3 Å². The maximum Gasteiger partial charge on any atom is 0.270 e. The number of hydrogen-bond acceptors (Lipinski definition) is 4. The van der Waals surface area contributed by atoms with Gasteiger partial charge in [0.05, 0.1) is 42.6 Å². The van der Waals surface area contributed by atoms with Crippen molar-refractivity contribution in [2.45, 2.75) is 64.4 Å². The Kier molecular flexibility index (Phi) is 6.72. The number of carbonyl (C=O) groups is 2. The molecule has 0 spiro atoms. The summed E-state index contributed by atoms with van der Waals surface area (Å²) in [5.74, 6) is -0.194. The highest BCUT2D eigenvalue weighted by atomic mass is 16.5. The Hall–Kier alpha value is -3.39. The number of amides is 2. The number of carbonyl (C=O) groups excluding carboxylic acids is 2. The first-order chi connectivity index (χ1) is 17.1. The van der Waals surface area contributed by atoms with Crippen LogP contribution in [-0.4, -0.2) is 50.3 Å². The fourth-order valence-electron chi connectivity index (χ4n) is 5.43. The highest BCUT2D eigenvalue weighted by molar-refractivity contribution is 6.01. The molecule has 2 aliphatic rings. The van der Waals surface area contributed by atoms with E-state index in [1.165, 1.54) is 0 Å². The molecule has 0 aliphatic carbocycles. The second kappa shape index (κ2) is 10.1. The second-order valence-electron chi connectivity index (χ2n) is 9.37. The average Bonchev–Trinajstić information content (AvgIpc) is 3.66. The number of nitrogens with one attached hydrogen (secondary N) is 1. The molecule has 1 saturated heterocycles. The lowest BCUT2D eigenvalue weighted by Crippen LogP contribution is -2.41. The molecular weight excluding hydrogens is 442 g/mol. The third-order valence-corrected chi connectivity index (χ3v) is 7.34. The van der Waals surface area contributed by atoms with E-state index in [-0.39, 0.29) is 29.9 Å². The van der Waals surface area contributed by atoms with Crippen molar-refractivity contribution in [1.29, 1.82) is 0 Å². The Morgan fingerprint density at radius 1 is 1.20 bits per heavy atom. The monoisotopic (exact) mass is 475 g/mol. The number of rotatable bonds is 7. The molecule has 0 saturated carbocycles. The van der Waals surface area contributed by atoms with Crippen LogP contribution in [0.5, 0.6) is 0 Å². The molecule has 5 rings (SSSR count). The quantitative estimate of drug-likeness (QED) is 0.561. The molecule has 2 aliphatic heterocycles. The highest BCUT2D eigenvalue weighted by Gasteiger charge is 2.37. The van der Waals surface area contributed by atoms with Crippen molar-refractivity contribution in [1.82, 2.24) is 24.6 Å². The molecule has 1 fully saturated rings. The smallest absolute Gasteiger partial charge is 0.270 e. The molecule has 3 aromatic rings. The van der Waals surface area contributed by atoms with Crippen molar-refractivity contribution in [2.75, 3.05) is 13.2 Å². The number of likely N-dealkylation sites (tertiary alicyclic amines) is 1. The molecule has 1 aromatic carbocycles. The SMILES string of the molecule is CC[C@@H](NC(=O)c1cc(C(=O)N2CCCC2C(C)n2cccn2)n2c1COCC2)c1ccccc1. The summed E-state index contributed by atoms with van der Waals surface area (Å²) in [6.45, 7) is 6.28. The third kappa shape index (κ3) is 4.50. The summed E-state index contributed by atoms with van der Waals surface area (Å²) in [5, 5.41) is 7.56. The minimum Gasteiger partial charge on any atom is -0.373 e. The lowest BCUT2D eigenvalue weighted by molar-refractivity contribution is 0.0642. The van der Waals surface area contributed by atoms with Gasteiger partial charge in [-0.15, -0.1) is 0 Å². The van der Waals surface area contributed by atoms with Crippen molar-refractivity contribution in [3.8, 4) is 0 Å². The lowest BCUT2D eigenvalue weighted by Gasteiger charge is -2.30. The van der Waals surface area contributed by atoms with Crippen LogP contribution in [0.4, 0.5) is 0 Å². The van der Waals surface area contributed by atoms with Crippen LogP contribution in [0.2, 0.25) is 0 Å². The van der Waals surface area contributed by atoms with Gasteiger partial charge in [0.25, 0.3) is 11.8 Å². The Morgan fingerprint density at radius 2 is 2.03 bits per heavy atom. The van der Waals surface area contributed by atoms with Crippen molar-refractivity contribution < 1.29 is 14.3 Å². The predicted octanol–water partition coefficient (Wildman–Crippen LogP) is 3.96. The van der Waals surface area contributed by atoms with E-state index < -0.39 is 0 Å². The van der Waals surface area contributed by atoms with Crippen LogP contribution in [0.3, 0.4) is 0 Å². The number of ether oxygens (including phenoxy) is 1. The molecule has 2 unspecified atom stereocenters. The number of benzene rings is 1. The third-order valence-electron chi connectivity index (χ3n) is 7.34. The van der Waals surface area contributed by atoms with Crippen LogP contribution in [0.25, 0.3) is 0 Å². The van der Waals surface area contributed by atoms with Crippen LogP contribution in [-0.2, 0) is 17.9 Å². The zero-order chi connectivity index (χ0) is 24.4. The van der Waals surface area contributed by atoms with Crippen molar-refractivity contribution in [2.24, 2.45) is 0 Å². The zero-order valence-electron chi connectivity index (χ0n) is 20.4. The molecule has 2 aromatic heterocycles. The molecule has 1 N–H and O–H groups in total. The van der Waals surface area contributed by atoms with Crippen LogP contribution < -0.4 is 5.32 Å². The van der Waals surface area contributed by atoms with Gasteiger partial charge in [-0.3, -0.25) is 14.3 Å². The molecule has 8 nitrogen and oxygen atoms in total. The summed E-state index contributed by atoms with van der Waals surface area (Å²) in [5.41, 5.74) is 2.94. The van der Waals surface area contributed by atoms with Crippen molar-refractivity contribution in [3.63, 3.8) is 0 Å². The van der Waals surface area contributed by atoms with Gasteiger partial charge in [0.15, 0.2) is 0 Å². The Balaban J connectivity index is 1.42. The van der Waals surface area contributed by atoms with Gasteiger partial charge in [-0.2, -0.15) is 5.10 Å². The molecule has 4 heterocycles. The molecule has 8 heteroatoms. The maximum atomic E-state index is 13.8. The van der Waals surface area contributed by atoms with Crippen LogP contribution >= 0.6 is 0 Å². The van der Waals surface area contributed by atoms with Gasteiger partial charge >= 0.3 is 0 Å². The van der Waals surface area contributed by atoms with Crippen molar-refractivity contribution in [3.05, 3.63) is 77.4 Å². The lowest BCUT2D eigenvalue weighted by atomic mass is 10.0.